The fourth-order valence-electron chi connectivity index (χ4n) is 3.03. The minimum Gasteiger partial charge on any atom is -0.724 e. The van der Waals surface area contributed by atoms with E-state index in [-0.39, 0.29) is 11.0 Å². The Bertz CT molecular complexity index is 622. The molecule has 5 nitrogen and oxygen atoms in total. The van der Waals surface area contributed by atoms with Crippen molar-refractivity contribution >= 4 is 24.4 Å². The van der Waals surface area contributed by atoms with Crippen LogP contribution in [-0.4, -0.2) is 42.4 Å². The molecule has 3 rings (SSSR count). The van der Waals surface area contributed by atoms with Crippen LogP contribution in [0.5, 0.6) is 0 Å². The molecule has 1 aromatic rings. The van der Waals surface area contributed by atoms with E-state index >= 15 is 0 Å². The van der Waals surface area contributed by atoms with Gasteiger partial charge in [-0.1, -0.05) is 5.92 Å². The molecule has 21 heavy (non-hydrogen) atoms. The predicted octanol–water partition coefficient (Wildman–Crippen LogP) is 1.25. The van der Waals surface area contributed by atoms with Gasteiger partial charge in [0.1, 0.15) is 11.4 Å². The van der Waals surface area contributed by atoms with Crippen molar-refractivity contribution in [3.8, 4) is 11.2 Å². The van der Waals surface area contributed by atoms with Crippen LogP contribution in [0.3, 0.4) is 0 Å². The highest BCUT2D eigenvalue weighted by molar-refractivity contribution is 7.64. The zero-order valence-electron chi connectivity index (χ0n) is 11.5. The van der Waals surface area contributed by atoms with Gasteiger partial charge < -0.3 is 27.4 Å². The summed E-state index contributed by atoms with van der Waals surface area (Å²) in [5.41, 5.74) is 0.994. The Hall–Kier alpha value is -1.84. The van der Waals surface area contributed by atoms with Crippen molar-refractivity contribution in [1.29, 1.82) is 0 Å². The maximum atomic E-state index is 11.4. The summed E-state index contributed by atoms with van der Waals surface area (Å²) in [6.07, 6.45) is 3.65. The summed E-state index contributed by atoms with van der Waals surface area (Å²) in [7, 11) is 0. The van der Waals surface area contributed by atoms with E-state index in [4.69, 9.17) is 4.74 Å². The van der Waals surface area contributed by atoms with Gasteiger partial charge in [0.25, 0.3) is 0 Å². The van der Waals surface area contributed by atoms with Crippen molar-refractivity contribution in [2.24, 2.45) is 5.41 Å². The maximum Gasteiger partial charge on any atom is 0.339 e. The second kappa shape index (κ2) is 5.51. The highest BCUT2D eigenvalue weighted by atomic mass is 32.1. The minimum absolute atomic E-state index is 0.187. The summed E-state index contributed by atoms with van der Waals surface area (Å²) < 4.78 is 5.39. The van der Waals surface area contributed by atoms with Crippen LogP contribution < -0.4 is 4.90 Å². The van der Waals surface area contributed by atoms with E-state index in [1.807, 2.05) is 4.90 Å². The molecule has 2 aliphatic heterocycles. The number of carbonyl (C=O) groups is 1. The molecule has 1 aromatic heterocycles. The number of carboxylic acids is 1. The molecule has 2 saturated heterocycles. The molecule has 0 bridgehead atoms. The molecule has 2 fully saturated rings. The molecule has 0 saturated carbocycles. The number of hydrogen-bond donors (Lipinski definition) is 1. The van der Waals surface area contributed by atoms with Crippen molar-refractivity contribution in [3.63, 3.8) is 0 Å². The first-order valence-corrected chi connectivity index (χ1v) is 7.24. The number of aromatic nitrogens is 1. The molecule has 0 aliphatic carbocycles. The molecule has 2 aliphatic rings. The number of aromatic carboxylic acids is 1. The number of carboxylic acid groups (broad SMARTS) is 1. The van der Waals surface area contributed by atoms with E-state index in [1.165, 1.54) is 0 Å². The van der Waals surface area contributed by atoms with Crippen molar-refractivity contribution in [3.05, 3.63) is 23.4 Å². The van der Waals surface area contributed by atoms with Crippen molar-refractivity contribution in [2.75, 3.05) is 31.2 Å². The lowest BCUT2D eigenvalue weighted by Gasteiger charge is -2.53. The second-order valence-electron chi connectivity index (χ2n) is 5.60. The highest BCUT2D eigenvalue weighted by Crippen LogP contribution is 2.42. The number of ether oxygens (including phenoxy) is 1. The summed E-state index contributed by atoms with van der Waals surface area (Å²) in [6, 6.07) is 1.54. The molecule has 0 radical (unpaired) electrons. The highest BCUT2D eigenvalue weighted by Gasteiger charge is 2.45. The number of rotatable bonds is 2. The third-order valence-corrected chi connectivity index (χ3v) is 4.30. The van der Waals surface area contributed by atoms with E-state index in [0.717, 1.165) is 39.1 Å². The number of hydrogen-bond acceptors (Lipinski definition) is 5. The Morgan fingerprint density at radius 1 is 1.43 bits per heavy atom. The SMILES string of the molecule is O=C(O)c1cc(C#C[S-])cnc1N1CC2(CCOCC2)C1. The fraction of sp³-hybridized carbons (Fsp3) is 0.467. The largest absolute Gasteiger partial charge is 0.724 e. The van der Waals surface area contributed by atoms with E-state index in [1.54, 1.807) is 12.3 Å². The first-order valence-electron chi connectivity index (χ1n) is 6.83. The first-order chi connectivity index (χ1) is 10.1. The molecule has 0 amide bonds. The number of nitrogens with zero attached hydrogens (tertiary/aromatic N) is 2. The van der Waals surface area contributed by atoms with Crippen LogP contribution in [0.15, 0.2) is 12.3 Å². The van der Waals surface area contributed by atoms with Crippen molar-refractivity contribution < 1.29 is 14.6 Å². The topological polar surface area (TPSA) is 62.7 Å². The van der Waals surface area contributed by atoms with Crippen LogP contribution in [0.25, 0.3) is 0 Å². The summed E-state index contributed by atoms with van der Waals surface area (Å²) in [4.78, 5) is 17.7. The van der Waals surface area contributed by atoms with Gasteiger partial charge in [0.15, 0.2) is 0 Å². The first kappa shape index (κ1) is 14.1. The summed E-state index contributed by atoms with van der Waals surface area (Å²) >= 11 is 4.58. The Morgan fingerprint density at radius 2 is 2.14 bits per heavy atom. The molecule has 110 valence electrons. The Kier molecular flexibility index (Phi) is 3.70. The molecule has 6 heteroatoms. The molecular formula is C15H15N2O3S-. The van der Waals surface area contributed by atoms with Gasteiger partial charge in [-0.2, -0.15) is 0 Å². The van der Waals surface area contributed by atoms with Gasteiger partial charge in [-0.25, -0.2) is 15.0 Å². The van der Waals surface area contributed by atoms with Crippen LogP contribution >= 0.6 is 0 Å². The summed E-state index contributed by atoms with van der Waals surface area (Å²) in [5, 5.41) is 11.7. The smallest absolute Gasteiger partial charge is 0.339 e. The molecular weight excluding hydrogens is 288 g/mol. The molecule has 3 heterocycles. The Balaban J connectivity index is 1.82. The van der Waals surface area contributed by atoms with Gasteiger partial charge in [0.05, 0.1) is 0 Å². The zero-order chi connectivity index (χ0) is 14.9. The van der Waals surface area contributed by atoms with E-state index < -0.39 is 5.97 Å². The van der Waals surface area contributed by atoms with Crippen molar-refractivity contribution in [2.45, 2.75) is 12.8 Å². The van der Waals surface area contributed by atoms with Crippen LogP contribution in [0.1, 0.15) is 28.8 Å². The third-order valence-electron chi connectivity index (χ3n) is 4.20. The molecule has 1 spiro atoms. The van der Waals surface area contributed by atoms with Gasteiger partial charge in [-0.05, 0) is 18.9 Å². The fourth-order valence-corrected chi connectivity index (χ4v) is 3.15. The van der Waals surface area contributed by atoms with E-state index in [9.17, 15) is 9.90 Å². The van der Waals surface area contributed by atoms with Crippen LogP contribution in [-0.2, 0) is 17.4 Å². The average Bonchev–Trinajstić information content (AvgIpc) is 2.46. The molecule has 1 N–H and O–H groups in total. The lowest BCUT2D eigenvalue weighted by Crippen LogP contribution is -2.59. The Morgan fingerprint density at radius 3 is 2.76 bits per heavy atom. The monoisotopic (exact) mass is 303 g/mol. The third kappa shape index (κ3) is 2.67. The van der Waals surface area contributed by atoms with Crippen LogP contribution in [0.2, 0.25) is 0 Å². The van der Waals surface area contributed by atoms with Crippen LogP contribution in [0.4, 0.5) is 5.82 Å². The maximum absolute atomic E-state index is 11.4. The van der Waals surface area contributed by atoms with Gasteiger partial charge in [0, 0.05) is 43.5 Å². The quantitative estimate of drug-likeness (QED) is 0.655. The number of anilines is 1. The normalized spacial score (nSPS) is 19.5. The van der Waals surface area contributed by atoms with Gasteiger partial charge >= 0.3 is 5.97 Å². The average molecular weight is 303 g/mol. The predicted molar refractivity (Wildman–Crippen MR) is 80.1 cm³/mol. The van der Waals surface area contributed by atoms with Gasteiger partial charge in [0.2, 0.25) is 0 Å². The standard InChI is InChI=1S/C15H16N2O3S/c18-14(19)12-7-11(1-6-21)8-16-13(12)17-9-15(10-17)2-4-20-5-3-15/h7-8,21H,2-5,9-10H2,(H,18,19)/p-1. The minimum atomic E-state index is -0.988. The summed E-state index contributed by atoms with van der Waals surface area (Å²) in [5.74, 6) is 2.20. The second-order valence-corrected chi connectivity index (χ2v) is 5.80. The molecule has 0 aromatic carbocycles. The Labute approximate surface area is 128 Å². The van der Waals surface area contributed by atoms with Gasteiger partial charge in [-0.15, -0.1) is 0 Å². The molecule has 0 unspecified atom stereocenters. The van der Waals surface area contributed by atoms with Crippen molar-refractivity contribution in [1.82, 2.24) is 4.98 Å². The van der Waals surface area contributed by atoms with E-state index in [2.05, 4.69) is 28.8 Å². The summed E-state index contributed by atoms with van der Waals surface area (Å²) in [6.45, 7) is 3.27. The van der Waals surface area contributed by atoms with Gasteiger partial charge in [-0.3, -0.25) is 0 Å². The zero-order valence-corrected chi connectivity index (χ0v) is 12.3. The lowest BCUT2D eigenvalue weighted by molar-refractivity contribution is -0.000567. The van der Waals surface area contributed by atoms with E-state index in [0.29, 0.717) is 11.4 Å². The van der Waals surface area contributed by atoms with Crippen LogP contribution in [0, 0.1) is 16.6 Å². The number of pyridine rings is 1. The molecule has 0 atom stereocenters. The lowest BCUT2D eigenvalue weighted by atomic mass is 9.73.